The zero-order valence-electron chi connectivity index (χ0n) is 11.4. The Kier molecular flexibility index (Phi) is 5.17. The summed E-state index contributed by atoms with van der Waals surface area (Å²) in [6, 6.07) is 4.44. The van der Waals surface area contributed by atoms with E-state index >= 15 is 0 Å². The predicted molar refractivity (Wildman–Crippen MR) is 79.9 cm³/mol. The Balaban J connectivity index is 2.53. The van der Waals surface area contributed by atoms with Crippen LogP contribution < -0.4 is 4.80 Å². The van der Waals surface area contributed by atoms with Gasteiger partial charge in [-0.15, -0.1) is 11.3 Å². The second-order valence-electron chi connectivity index (χ2n) is 4.48. The fourth-order valence-corrected chi connectivity index (χ4v) is 3.04. The summed E-state index contributed by atoms with van der Waals surface area (Å²) in [5.74, 6) is -1.92. The van der Waals surface area contributed by atoms with Gasteiger partial charge in [0, 0.05) is 21.1 Å². The summed E-state index contributed by atoms with van der Waals surface area (Å²) in [6.07, 6.45) is -7.43. The average molecular weight is 387 g/mol. The molecule has 0 N–H and O–H groups in total. The van der Waals surface area contributed by atoms with E-state index in [1.807, 2.05) is 0 Å². The Morgan fingerprint density at radius 2 is 1.83 bits per heavy atom. The van der Waals surface area contributed by atoms with Crippen LogP contribution in [-0.4, -0.2) is 22.8 Å². The van der Waals surface area contributed by atoms with Crippen LogP contribution in [0.4, 0.5) is 17.6 Å². The number of aryl methyl sites for hydroxylation is 1. The fraction of sp³-hybridized carbons (Fsp3) is 0.231. The van der Waals surface area contributed by atoms with Crippen LogP contribution in [0.3, 0.4) is 0 Å². The molecule has 1 heterocycles. The molecule has 3 nitrogen and oxygen atoms in total. The molecule has 23 heavy (non-hydrogen) atoms. The minimum Gasteiger partial charge on any atom is -0.292 e. The first-order valence-corrected chi connectivity index (χ1v) is 7.60. The molecule has 0 aliphatic heterocycles. The maximum atomic E-state index is 13.0. The molecule has 1 unspecified atom stereocenters. The van der Waals surface area contributed by atoms with E-state index in [4.69, 9.17) is 23.2 Å². The van der Waals surface area contributed by atoms with Gasteiger partial charge in [0.25, 0.3) is 12.1 Å². The molecule has 124 valence electrons. The Labute approximate surface area is 141 Å². The molecule has 0 fully saturated rings. The smallest absolute Gasteiger partial charge is 0.292 e. The molecule has 0 saturated heterocycles. The molecule has 0 spiro atoms. The molecule has 0 aliphatic carbocycles. The lowest BCUT2D eigenvalue weighted by atomic mass is 10.3. The number of amides is 1. The van der Waals surface area contributed by atoms with Crippen LogP contribution in [0.5, 0.6) is 0 Å². The first kappa shape index (κ1) is 18.0. The number of carbonyl (C=O) groups excluding carboxylic acids is 1. The molecule has 0 aliphatic rings. The number of nitrogens with zero attached hydrogens (tertiary/aromatic N) is 2. The van der Waals surface area contributed by atoms with Gasteiger partial charge in [0.05, 0.1) is 5.69 Å². The summed E-state index contributed by atoms with van der Waals surface area (Å²) < 4.78 is 51.1. The normalized spacial score (nSPS) is 14.1. The number of carbonyl (C=O) groups is 1. The molecular weight excluding hydrogens is 379 g/mol. The minimum absolute atomic E-state index is 0.113. The highest BCUT2D eigenvalue weighted by atomic mass is 35.5. The maximum Gasteiger partial charge on any atom is 0.428 e. The van der Waals surface area contributed by atoms with E-state index in [0.29, 0.717) is 20.6 Å². The zero-order valence-corrected chi connectivity index (χ0v) is 13.7. The number of hydrogen-bond acceptors (Lipinski definition) is 2. The summed E-state index contributed by atoms with van der Waals surface area (Å²) in [6.45, 7) is 1.66. The molecule has 1 aromatic carbocycles. The van der Waals surface area contributed by atoms with Crippen molar-refractivity contribution in [3.63, 3.8) is 0 Å². The van der Waals surface area contributed by atoms with Crippen molar-refractivity contribution in [1.82, 2.24) is 4.57 Å². The molecule has 1 amide bonds. The molecule has 2 rings (SSSR count). The van der Waals surface area contributed by atoms with Gasteiger partial charge < -0.3 is 0 Å². The van der Waals surface area contributed by atoms with Crippen molar-refractivity contribution >= 4 is 40.4 Å². The SMILES string of the molecule is Cc1cn(-c2cc(Cl)cc(Cl)c2)c(=NC(=O)C(F)C(F)(F)F)s1. The maximum absolute atomic E-state index is 13.0. The Hall–Kier alpha value is -1.38. The number of hydrogen-bond donors (Lipinski definition) is 0. The van der Waals surface area contributed by atoms with E-state index in [0.717, 1.165) is 11.3 Å². The quantitative estimate of drug-likeness (QED) is 0.700. The lowest BCUT2D eigenvalue weighted by Gasteiger charge is -2.08. The van der Waals surface area contributed by atoms with Gasteiger partial charge in [0.15, 0.2) is 4.80 Å². The number of alkyl halides is 4. The van der Waals surface area contributed by atoms with Crippen molar-refractivity contribution in [1.29, 1.82) is 0 Å². The van der Waals surface area contributed by atoms with Gasteiger partial charge in [-0.3, -0.25) is 9.36 Å². The molecule has 0 saturated carbocycles. The average Bonchev–Trinajstić information content (AvgIpc) is 2.76. The molecule has 0 bridgehead atoms. The van der Waals surface area contributed by atoms with Gasteiger partial charge in [0.2, 0.25) is 0 Å². The number of halogens is 6. The zero-order chi connectivity index (χ0) is 17.4. The minimum atomic E-state index is -5.29. The van der Waals surface area contributed by atoms with Gasteiger partial charge in [-0.2, -0.15) is 18.2 Å². The molecular formula is C13H8Cl2F4N2OS. The standard InChI is InChI=1S/C13H8Cl2F4N2OS/c1-6-5-21(9-3-7(14)2-8(15)4-9)12(23-6)20-11(22)10(16)13(17,18)19/h2-5,10H,1H3. The van der Waals surface area contributed by atoms with Crippen LogP contribution in [-0.2, 0) is 4.79 Å². The van der Waals surface area contributed by atoms with Gasteiger partial charge in [-0.1, -0.05) is 23.2 Å². The summed E-state index contributed by atoms with van der Waals surface area (Å²) in [4.78, 5) is 15.1. The topological polar surface area (TPSA) is 34.4 Å². The van der Waals surface area contributed by atoms with E-state index < -0.39 is 18.3 Å². The second kappa shape index (κ2) is 6.62. The van der Waals surface area contributed by atoms with E-state index in [1.165, 1.54) is 29.0 Å². The van der Waals surface area contributed by atoms with Crippen molar-refractivity contribution in [2.24, 2.45) is 4.99 Å². The summed E-state index contributed by atoms with van der Waals surface area (Å²) in [5, 5.41) is 0.583. The fourth-order valence-electron chi connectivity index (χ4n) is 1.69. The third-order valence-electron chi connectivity index (χ3n) is 2.60. The highest BCUT2D eigenvalue weighted by Gasteiger charge is 2.45. The monoisotopic (exact) mass is 386 g/mol. The summed E-state index contributed by atoms with van der Waals surface area (Å²) >= 11 is 12.7. The lowest BCUT2D eigenvalue weighted by molar-refractivity contribution is -0.184. The van der Waals surface area contributed by atoms with E-state index in [2.05, 4.69) is 4.99 Å². The van der Waals surface area contributed by atoms with Crippen molar-refractivity contribution in [2.45, 2.75) is 19.3 Å². The molecule has 10 heteroatoms. The van der Waals surface area contributed by atoms with Crippen molar-refractivity contribution in [2.75, 3.05) is 0 Å². The highest BCUT2D eigenvalue weighted by molar-refractivity contribution is 7.09. The first-order valence-electron chi connectivity index (χ1n) is 6.03. The van der Waals surface area contributed by atoms with Gasteiger partial charge in [-0.25, -0.2) is 4.39 Å². The van der Waals surface area contributed by atoms with Crippen LogP contribution in [0.2, 0.25) is 10.0 Å². The van der Waals surface area contributed by atoms with Crippen LogP contribution in [0.15, 0.2) is 29.4 Å². The van der Waals surface area contributed by atoms with Crippen LogP contribution in [0, 0.1) is 6.92 Å². The largest absolute Gasteiger partial charge is 0.428 e. The number of thiazole rings is 1. The molecule has 1 aromatic heterocycles. The summed E-state index contributed by atoms with van der Waals surface area (Å²) in [7, 11) is 0. The Morgan fingerprint density at radius 1 is 1.26 bits per heavy atom. The third-order valence-corrected chi connectivity index (χ3v) is 3.94. The summed E-state index contributed by atoms with van der Waals surface area (Å²) in [5.41, 5.74) is 0.390. The van der Waals surface area contributed by atoms with Crippen molar-refractivity contribution in [3.8, 4) is 5.69 Å². The van der Waals surface area contributed by atoms with Crippen molar-refractivity contribution < 1.29 is 22.4 Å². The highest BCUT2D eigenvalue weighted by Crippen LogP contribution is 2.24. The number of rotatable bonds is 2. The molecule has 0 radical (unpaired) electrons. The van der Waals surface area contributed by atoms with E-state index in [-0.39, 0.29) is 4.80 Å². The van der Waals surface area contributed by atoms with Gasteiger partial charge in [0.1, 0.15) is 0 Å². The van der Waals surface area contributed by atoms with Crippen LogP contribution in [0.25, 0.3) is 5.69 Å². The Morgan fingerprint density at radius 3 is 2.35 bits per heavy atom. The van der Waals surface area contributed by atoms with E-state index in [1.54, 1.807) is 6.92 Å². The van der Waals surface area contributed by atoms with Crippen LogP contribution >= 0.6 is 34.5 Å². The lowest BCUT2D eigenvalue weighted by Crippen LogP contribution is -2.33. The third kappa shape index (κ3) is 4.33. The molecule has 1 atom stereocenters. The van der Waals surface area contributed by atoms with Crippen LogP contribution in [0.1, 0.15) is 4.88 Å². The van der Waals surface area contributed by atoms with Crippen molar-refractivity contribution in [3.05, 3.63) is 44.1 Å². The molecule has 2 aromatic rings. The first-order chi connectivity index (χ1) is 10.6. The number of aromatic nitrogens is 1. The van der Waals surface area contributed by atoms with E-state index in [9.17, 15) is 22.4 Å². The second-order valence-corrected chi connectivity index (χ2v) is 6.56. The predicted octanol–water partition coefficient (Wildman–Crippen LogP) is 4.48. The Bertz CT molecular complexity index is 793. The van der Waals surface area contributed by atoms with Gasteiger partial charge >= 0.3 is 6.18 Å². The number of benzene rings is 1. The van der Waals surface area contributed by atoms with Gasteiger partial charge in [-0.05, 0) is 25.1 Å².